The molecule has 0 unspecified atom stereocenters. The van der Waals surface area contributed by atoms with Gasteiger partial charge in [-0.25, -0.2) is 9.97 Å². The van der Waals surface area contributed by atoms with Crippen molar-refractivity contribution in [3.63, 3.8) is 0 Å². The number of fused-ring (bicyclic) bond motifs is 1. The Balaban J connectivity index is 2.16. The number of halogens is 1. The van der Waals surface area contributed by atoms with Crippen molar-refractivity contribution < 1.29 is 4.79 Å². The highest BCUT2D eigenvalue weighted by Crippen LogP contribution is 2.24. The Labute approximate surface area is 134 Å². The molecule has 9 nitrogen and oxygen atoms in total. The van der Waals surface area contributed by atoms with Gasteiger partial charge in [0.1, 0.15) is 0 Å². The Morgan fingerprint density at radius 1 is 1.04 bits per heavy atom. The standard InChI is InChI=1S/C13H11ClN8O/c14-5-1-3-6(4-2-5)18-11-8-12(22-13(17)21-11)20-9(15)7(19-8)10(16)23/h1-4H,(H2,16,23)(H5,15,17,18,20,21,22). The number of anilines is 4. The highest BCUT2D eigenvalue weighted by atomic mass is 35.5. The minimum Gasteiger partial charge on any atom is -0.382 e. The molecule has 23 heavy (non-hydrogen) atoms. The van der Waals surface area contributed by atoms with E-state index in [0.717, 1.165) is 0 Å². The normalized spacial score (nSPS) is 10.7. The molecule has 10 heteroatoms. The summed E-state index contributed by atoms with van der Waals surface area (Å²) in [6.07, 6.45) is 0. The Kier molecular flexibility index (Phi) is 3.54. The molecule has 0 saturated heterocycles. The average Bonchev–Trinajstić information content (AvgIpc) is 2.48. The number of nitrogens with two attached hydrogens (primary N) is 3. The van der Waals surface area contributed by atoms with E-state index in [0.29, 0.717) is 10.7 Å². The Morgan fingerprint density at radius 2 is 1.74 bits per heavy atom. The lowest BCUT2D eigenvalue weighted by atomic mass is 10.3. The lowest BCUT2D eigenvalue weighted by Gasteiger charge is -2.10. The van der Waals surface area contributed by atoms with Crippen molar-refractivity contribution in [3.05, 3.63) is 35.0 Å². The van der Waals surface area contributed by atoms with Crippen molar-refractivity contribution >= 4 is 51.9 Å². The van der Waals surface area contributed by atoms with Gasteiger partial charge < -0.3 is 22.5 Å². The third-order valence-electron chi connectivity index (χ3n) is 2.92. The molecule has 116 valence electrons. The zero-order valence-corrected chi connectivity index (χ0v) is 12.4. The first-order valence-corrected chi connectivity index (χ1v) is 6.75. The summed E-state index contributed by atoms with van der Waals surface area (Å²) in [6.45, 7) is 0. The van der Waals surface area contributed by atoms with Gasteiger partial charge >= 0.3 is 0 Å². The van der Waals surface area contributed by atoms with Crippen LogP contribution < -0.4 is 22.5 Å². The summed E-state index contributed by atoms with van der Waals surface area (Å²) in [5.74, 6) is -0.675. The molecule has 2 heterocycles. The summed E-state index contributed by atoms with van der Waals surface area (Å²) in [6, 6.07) is 6.89. The van der Waals surface area contributed by atoms with E-state index in [-0.39, 0.29) is 34.4 Å². The van der Waals surface area contributed by atoms with E-state index in [2.05, 4.69) is 25.3 Å². The summed E-state index contributed by atoms with van der Waals surface area (Å²) in [5, 5.41) is 3.60. The van der Waals surface area contributed by atoms with E-state index in [1.807, 2.05) is 0 Å². The number of carbonyl (C=O) groups excluding carboxylic acids is 1. The molecule has 0 aliphatic rings. The number of hydrogen-bond acceptors (Lipinski definition) is 8. The third-order valence-corrected chi connectivity index (χ3v) is 3.17. The quantitative estimate of drug-likeness (QED) is 0.555. The molecule has 1 amide bonds. The number of nitrogen functional groups attached to an aromatic ring is 2. The van der Waals surface area contributed by atoms with Gasteiger partial charge in [-0.3, -0.25) is 4.79 Å². The number of benzene rings is 1. The molecule has 2 aromatic heterocycles. The maximum Gasteiger partial charge on any atom is 0.271 e. The lowest BCUT2D eigenvalue weighted by molar-refractivity contribution is 0.0996. The fraction of sp³-hybridized carbons (Fsp3) is 0. The van der Waals surface area contributed by atoms with Crippen LogP contribution in [0.15, 0.2) is 24.3 Å². The number of nitrogens with zero attached hydrogens (tertiary/aromatic N) is 4. The van der Waals surface area contributed by atoms with E-state index in [4.69, 9.17) is 28.8 Å². The van der Waals surface area contributed by atoms with Crippen LogP contribution in [0.2, 0.25) is 5.02 Å². The molecule has 0 atom stereocenters. The zero-order chi connectivity index (χ0) is 16.6. The smallest absolute Gasteiger partial charge is 0.271 e. The molecule has 0 spiro atoms. The first kappa shape index (κ1) is 14.7. The number of amides is 1. The van der Waals surface area contributed by atoms with Crippen molar-refractivity contribution in [1.29, 1.82) is 0 Å². The summed E-state index contributed by atoms with van der Waals surface area (Å²) >= 11 is 5.85. The van der Waals surface area contributed by atoms with Crippen LogP contribution in [0.25, 0.3) is 11.2 Å². The van der Waals surface area contributed by atoms with Gasteiger partial charge in [0.25, 0.3) is 5.91 Å². The van der Waals surface area contributed by atoms with E-state index in [1.165, 1.54) is 0 Å². The topological polar surface area (TPSA) is 159 Å². The molecule has 0 aliphatic carbocycles. The predicted molar refractivity (Wildman–Crippen MR) is 87.2 cm³/mol. The molecular formula is C13H11ClN8O. The molecule has 0 bridgehead atoms. The van der Waals surface area contributed by atoms with Gasteiger partial charge in [0.2, 0.25) is 5.95 Å². The summed E-state index contributed by atoms with van der Waals surface area (Å²) in [5.41, 5.74) is 17.4. The van der Waals surface area contributed by atoms with Crippen molar-refractivity contribution in [1.82, 2.24) is 19.9 Å². The number of rotatable bonds is 3. The number of nitrogens with one attached hydrogen (secondary N) is 1. The first-order chi connectivity index (χ1) is 10.9. The molecule has 7 N–H and O–H groups in total. The fourth-order valence-corrected chi connectivity index (χ4v) is 2.04. The van der Waals surface area contributed by atoms with Crippen LogP contribution in [0.5, 0.6) is 0 Å². The van der Waals surface area contributed by atoms with Crippen LogP contribution in [-0.2, 0) is 0 Å². The fourth-order valence-electron chi connectivity index (χ4n) is 1.92. The van der Waals surface area contributed by atoms with E-state index in [9.17, 15) is 4.79 Å². The molecule has 0 saturated carbocycles. The SMILES string of the molecule is NC(=O)c1nc2c(Nc3ccc(Cl)cc3)nc(N)nc2nc1N. The average molecular weight is 331 g/mol. The molecule has 0 aliphatic heterocycles. The largest absolute Gasteiger partial charge is 0.382 e. The van der Waals surface area contributed by atoms with Gasteiger partial charge in [-0.05, 0) is 24.3 Å². The van der Waals surface area contributed by atoms with Crippen LogP contribution >= 0.6 is 11.6 Å². The van der Waals surface area contributed by atoms with Gasteiger partial charge in [0.05, 0.1) is 0 Å². The van der Waals surface area contributed by atoms with Crippen molar-refractivity contribution in [2.24, 2.45) is 5.73 Å². The Bertz CT molecular complexity index is 912. The summed E-state index contributed by atoms with van der Waals surface area (Å²) in [4.78, 5) is 27.5. The Hall–Kier alpha value is -3.20. The third kappa shape index (κ3) is 2.90. The minimum atomic E-state index is -0.800. The van der Waals surface area contributed by atoms with Crippen LogP contribution in [0.3, 0.4) is 0 Å². The molecule has 3 aromatic rings. The van der Waals surface area contributed by atoms with Crippen LogP contribution in [0.1, 0.15) is 10.5 Å². The number of aromatic nitrogens is 4. The van der Waals surface area contributed by atoms with Crippen LogP contribution in [0.4, 0.5) is 23.3 Å². The number of hydrogen-bond donors (Lipinski definition) is 4. The molecule has 3 rings (SSSR count). The first-order valence-electron chi connectivity index (χ1n) is 6.37. The maximum absolute atomic E-state index is 11.4. The zero-order valence-electron chi connectivity index (χ0n) is 11.6. The summed E-state index contributed by atoms with van der Waals surface area (Å²) < 4.78 is 0. The highest BCUT2D eigenvalue weighted by molar-refractivity contribution is 6.30. The van der Waals surface area contributed by atoms with Crippen molar-refractivity contribution in [3.8, 4) is 0 Å². The van der Waals surface area contributed by atoms with E-state index in [1.54, 1.807) is 24.3 Å². The number of primary amides is 1. The van der Waals surface area contributed by atoms with Gasteiger partial charge in [-0.15, -0.1) is 0 Å². The van der Waals surface area contributed by atoms with E-state index < -0.39 is 5.91 Å². The number of carbonyl (C=O) groups is 1. The Morgan fingerprint density at radius 3 is 2.39 bits per heavy atom. The monoisotopic (exact) mass is 330 g/mol. The summed E-state index contributed by atoms with van der Waals surface area (Å²) in [7, 11) is 0. The minimum absolute atomic E-state index is 0.0190. The highest BCUT2D eigenvalue weighted by Gasteiger charge is 2.16. The maximum atomic E-state index is 11.4. The van der Waals surface area contributed by atoms with Gasteiger partial charge in [-0.2, -0.15) is 9.97 Å². The van der Waals surface area contributed by atoms with Crippen molar-refractivity contribution in [2.45, 2.75) is 0 Å². The second-order valence-electron chi connectivity index (χ2n) is 4.56. The molecule has 0 fully saturated rings. The molecule has 0 radical (unpaired) electrons. The van der Waals surface area contributed by atoms with Crippen molar-refractivity contribution in [2.75, 3.05) is 16.8 Å². The van der Waals surface area contributed by atoms with E-state index >= 15 is 0 Å². The van der Waals surface area contributed by atoms with Gasteiger partial charge in [0.15, 0.2) is 28.5 Å². The second-order valence-corrected chi connectivity index (χ2v) is 4.99. The lowest BCUT2D eigenvalue weighted by Crippen LogP contribution is -2.17. The predicted octanol–water partition coefficient (Wildman–Crippen LogP) is 1.08. The second kappa shape index (κ2) is 5.54. The van der Waals surface area contributed by atoms with Gasteiger partial charge in [-0.1, -0.05) is 11.6 Å². The van der Waals surface area contributed by atoms with Crippen LogP contribution in [0, 0.1) is 0 Å². The molecule has 1 aromatic carbocycles. The van der Waals surface area contributed by atoms with Crippen LogP contribution in [-0.4, -0.2) is 25.8 Å². The van der Waals surface area contributed by atoms with Gasteiger partial charge in [0, 0.05) is 10.7 Å². The molecular weight excluding hydrogens is 320 g/mol.